The van der Waals surface area contributed by atoms with E-state index in [1.807, 2.05) is 13.8 Å². The summed E-state index contributed by atoms with van der Waals surface area (Å²) in [5, 5.41) is 17.8. The molecule has 4 unspecified atom stereocenters. The zero-order valence-corrected chi connectivity index (χ0v) is 13.1. The van der Waals surface area contributed by atoms with Gasteiger partial charge in [-0.1, -0.05) is 0 Å². The van der Waals surface area contributed by atoms with Crippen molar-refractivity contribution in [2.75, 3.05) is 39.6 Å². The van der Waals surface area contributed by atoms with E-state index in [9.17, 15) is 0 Å². The maximum absolute atomic E-state index is 9.04. The van der Waals surface area contributed by atoms with Gasteiger partial charge in [-0.3, -0.25) is 0 Å². The van der Waals surface area contributed by atoms with Gasteiger partial charge < -0.3 is 29.2 Å². The van der Waals surface area contributed by atoms with Gasteiger partial charge >= 0.3 is 0 Å². The number of hydrogen-bond acceptors (Lipinski definition) is 6. The Morgan fingerprint density at radius 3 is 1.60 bits per heavy atom. The molecule has 4 atom stereocenters. The van der Waals surface area contributed by atoms with Crippen molar-refractivity contribution in [2.24, 2.45) is 0 Å². The number of epoxide rings is 1. The second-order valence-electron chi connectivity index (χ2n) is 5.08. The van der Waals surface area contributed by atoms with Crippen LogP contribution in [0.15, 0.2) is 0 Å². The predicted molar refractivity (Wildman–Crippen MR) is 75.8 cm³/mol. The van der Waals surface area contributed by atoms with E-state index in [1.54, 1.807) is 13.8 Å². The molecular formula is C14H30O6. The zero-order chi connectivity index (χ0) is 15.4. The molecule has 0 aromatic carbocycles. The lowest BCUT2D eigenvalue weighted by Crippen LogP contribution is -2.27. The van der Waals surface area contributed by atoms with E-state index in [4.69, 9.17) is 24.4 Å². The van der Waals surface area contributed by atoms with Crippen molar-refractivity contribution in [3.8, 4) is 0 Å². The first-order valence-electron chi connectivity index (χ1n) is 7.17. The number of hydrogen-bond donors (Lipinski definition) is 2. The van der Waals surface area contributed by atoms with Crippen LogP contribution in [0.5, 0.6) is 0 Å². The Bertz CT molecular complexity index is 207. The highest BCUT2D eigenvalue weighted by atomic mass is 16.6. The van der Waals surface area contributed by atoms with Gasteiger partial charge in [0.2, 0.25) is 0 Å². The highest BCUT2D eigenvalue weighted by Crippen LogP contribution is 2.00. The van der Waals surface area contributed by atoms with Crippen molar-refractivity contribution in [2.45, 2.75) is 52.1 Å². The van der Waals surface area contributed by atoms with Gasteiger partial charge in [-0.05, 0) is 27.7 Å². The molecule has 0 aromatic rings. The minimum Gasteiger partial charge on any atom is -0.394 e. The molecule has 0 amide bonds. The van der Waals surface area contributed by atoms with E-state index >= 15 is 0 Å². The Balaban J connectivity index is 0.00000105. The van der Waals surface area contributed by atoms with E-state index in [-0.39, 0.29) is 24.9 Å². The molecule has 1 heterocycles. The van der Waals surface area contributed by atoms with E-state index in [2.05, 4.69) is 4.74 Å². The SMILES string of the molecule is C1CO1.CC(O)COC(C)COC(C)COC(C)CO. The summed E-state index contributed by atoms with van der Waals surface area (Å²) in [7, 11) is 0. The third-order valence-corrected chi connectivity index (χ3v) is 2.31. The first-order chi connectivity index (χ1) is 9.45. The predicted octanol–water partition coefficient (Wildman–Crippen LogP) is 0.591. The molecule has 1 aliphatic heterocycles. The van der Waals surface area contributed by atoms with Gasteiger partial charge in [0.25, 0.3) is 0 Å². The van der Waals surface area contributed by atoms with E-state index in [0.717, 1.165) is 13.2 Å². The monoisotopic (exact) mass is 294 g/mol. The summed E-state index contributed by atoms with van der Waals surface area (Å²) in [5.41, 5.74) is 0. The summed E-state index contributed by atoms with van der Waals surface area (Å²) >= 11 is 0. The molecule has 1 saturated heterocycles. The lowest BCUT2D eigenvalue weighted by Gasteiger charge is -2.19. The molecule has 122 valence electrons. The van der Waals surface area contributed by atoms with Gasteiger partial charge in [-0.15, -0.1) is 0 Å². The van der Waals surface area contributed by atoms with Crippen LogP contribution in [0.4, 0.5) is 0 Å². The Labute approximate surface area is 122 Å². The van der Waals surface area contributed by atoms with Crippen LogP contribution in [0.25, 0.3) is 0 Å². The van der Waals surface area contributed by atoms with E-state index < -0.39 is 6.10 Å². The van der Waals surface area contributed by atoms with Crippen LogP contribution >= 0.6 is 0 Å². The topological polar surface area (TPSA) is 80.7 Å². The van der Waals surface area contributed by atoms with Crippen LogP contribution in [0.3, 0.4) is 0 Å². The highest BCUT2D eigenvalue weighted by molar-refractivity contribution is 4.55. The molecule has 0 spiro atoms. The largest absolute Gasteiger partial charge is 0.394 e. The smallest absolute Gasteiger partial charge is 0.0781 e. The van der Waals surface area contributed by atoms with Crippen LogP contribution in [-0.4, -0.2) is 74.3 Å². The molecule has 1 fully saturated rings. The van der Waals surface area contributed by atoms with Crippen LogP contribution in [0, 0.1) is 0 Å². The molecule has 1 aliphatic rings. The fourth-order valence-electron chi connectivity index (χ4n) is 1.05. The molecule has 0 saturated carbocycles. The Morgan fingerprint density at radius 1 is 0.850 bits per heavy atom. The lowest BCUT2D eigenvalue weighted by atomic mass is 10.3. The molecule has 6 nitrogen and oxygen atoms in total. The summed E-state index contributed by atoms with van der Waals surface area (Å²) in [6.07, 6.45) is -0.711. The normalized spacial score (nSPS) is 19.5. The Hall–Kier alpha value is -0.240. The summed E-state index contributed by atoms with van der Waals surface area (Å²) in [6.45, 7) is 10.5. The van der Waals surface area contributed by atoms with Crippen molar-refractivity contribution in [3.63, 3.8) is 0 Å². The number of aliphatic hydroxyl groups excluding tert-OH is 2. The Morgan fingerprint density at radius 2 is 1.25 bits per heavy atom. The summed E-state index contributed by atoms with van der Waals surface area (Å²) < 4.78 is 20.7. The van der Waals surface area contributed by atoms with Crippen molar-refractivity contribution in [1.29, 1.82) is 0 Å². The second kappa shape index (κ2) is 12.5. The summed E-state index contributed by atoms with van der Waals surface area (Å²) in [6, 6.07) is 0. The molecule has 0 bridgehead atoms. The van der Waals surface area contributed by atoms with Gasteiger partial charge in [0, 0.05) is 0 Å². The third-order valence-electron chi connectivity index (χ3n) is 2.31. The van der Waals surface area contributed by atoms with Gasteiger partial charge in [0.15, 0.2) is 0 Å². The standard InChI is InChI=1S/C12H26O5.C2H4O/c1-9(14)6-15-11(3)8-17-12(4)7-16-10(2)5-13;1-2-3-1/h9-14H,5-8H2,1-4H3;1-2H2. The quantitative estimate of drug-likeness (QED) is 0.574. The molecule has 2 N–H and O–H groups in total. The van der Waals surface area contributed by atoms with Crippen LogP contribution in [-0.2, 0) is 18.9 Å². The summed E-state index contributed by atoms with van der Waals surface area (Å²) in [5.74, 6) is 0. The number of rotatable bonds is 10. The first kappa shape index (κ1) is 19.8. The lowest BCUT2D eigenvalue weighted by molar-refractivity contribution is -0.0825. The number of ether oxygens (including phenoxy) is 4. The third kappa shape index (κ3) is 15.8. The van der Waals surface area contributed by atoms with Crippen LogP contribution < -0.4 is 0 Å². The molecular weight excluding hydrogens is 264 g/mol. The van der Waals surface area contributed by atoms with E-state index in [1.165, 1.54) is 0 Å². The van der Waals surface area contributed by atoms with Gasteiger partial charge in [-0.25, -0.2) is 0 Å². The number of aliphatic hydroxyl groups is 2. The van der Waals surface area contributed by atoms with Gasteiger partial charge in [0.1, 0.15) is 0 Å². The average molecular weight is 294 g/mol. The zero-order valence-electron chi connectivity index (χ0n) is 13.1. The van der Waals surface area contributed by atoms with Crippen molar-refractivity contribution < 1.29 is 29.2 Å². The minimum atomic E-state index is -0.455. The first-order valence-corrected chi connectivity index (χ1v) is 7.17. The maximum Gasteiger partial charge on any atom is 0.0781 e. The molecule has 0 aromatic heterocycles. The summed E-state index contributed by atoms with van der Waals surface area (Å²) in [4.78, 5) is 0. The highest BCUT2D eigenvalue weighted by Gasteiger charge is 2.09. The molecule has 0 aliphatic carbocycles. The Kier molecular flexibility index (Phi) is 12.3. The fourth-order valence-corrected chi connectivity index (χ4v) is 1.05. The van der Waals surface area contributed by atoms with Gasteiger partial charge in [0.05, 0.1) is 64.1 Å². The molecule has 20 heavy (non-hydrogen) atoms. The second-order valence-corrected chi connectivity index (χ2v) is 5.08. The fraction of sp³-hybridized carbons (Fsp3) is 1.00. The van der Waals surface area contributed by atoms with Crippen LogP contribution in [0.1, 0.15) is 27.7 Å². The molecule has 6 heteroatoms. The van der Waals surface area contributed by atoms with Crippen molar-refractivity contribution in [1.82, 2.24) is 0 Å². The van der Waals surface area contributed by atoms with Crippen molar-refractivity contribution >= 4 is 0 Å². The van der Waals surface area contributed by atoms with E-state index in [0.29, 0.717) is 19.8 Å². The van der Waals surface area contributed by atoms with Crippen LogP contribution in [0.2, 0.25) is 0 Å². The maximum atomic E-state index is 9.04. The molecule has 1 rings (SSSR count). The average Bonchev–Trinajstić information content (AvgIpc) is 3.28. The minimum absolute atomic E-state index is 0.0145. The molecule has 0 radical (unpaired) electrons. The van der Waals surface area contributed by atoms with Gasteiger partial charge in [-0.2, -0.15) is 0 Å². The van der Waals surface area contributed by atoms with Crippen molar-refractivity contribution in [3.05, 3.63) is 0 Å².